The number of hydrogen-bond donors (Lipinski definition) is 1. The summed E-state index contributed by atoms with van der Waals surface area (Å²) in [7, 11) is 0. The van der Waals surface area contributed by atoms with Crippen molar-refractivity contribution in [3.63, 3.8) is 0 Å². The average molecular weight is 829 g/mol. The van der Waals surface area contributed by atoms with Gasteiger partial charge in [0.05, 0.1) is 31.8 Å². The highest BCUT2D eigenvalue weighted by molar-refractivity contribution is 7.22. The molecule has 302 valence electrons. The number of benzene rings is 4. The third-order valence-electron chi connectivity index (χ3n) is 10.5. The maximum absolute atomic E-state index is 10.7. The van der Waals surface area contributed by atoms with Gasteiger partial charge in [0.1, 0.15) is 23.1 Å². The molecule has 4 heterocycles. The van der Waals surface area contributed by atoms with E-state index < -0.39 is 5.41 Å². The van der Waals surface area contributed by atoms with Crippen LogP contribution in [-0.2, 0) is 5.41 Å². The van der Waals surface area contributed by atoms with Crippen molar-refractivity contribution in [3.8, 4) is 11.2 Å². The minimum absolute atomic E-state index is 0.233. The molecule has 0 aliphatic heterocycles. The second-order valence-corrected chi connectivity index (χ2v) is 18.8. The van der Waals surface area contributed by atoms with Crippen molar-refractivity contribution >= 4 is 82.8 Å². The summed E-state index contributed by atoms with van der Waals surface area (Å²) in [5.41, 5.74) is 10.2. The molecule has 0 fully saturated rings. The molecule has 10 nitrogen and oxygen atoms in total. The van der Waals surface area contributed by atoms with Crippen LogP contribution in [0.4, 0.5) is 39.6 Å². The van der Waals surface area contributed by atoms with Gasteiger partial charge in [0, 0.05) is 11.1 Å². The van der Waals surface area contributed by atoms with Crippen molar-refractivity contribution < 1.29 is 0 Å². The lowest BCUT2D eigenvalue weighted by atomic mass is 9.90. The third kappa shape index (κ3) is 7.55. The molecule has 0 unspecified atom stereocenters. The molecular formula is C48H48N10S2. The van der Waals surface area contributed by atoms with E-state index in [1.807, 2.05) is 64.1 Å². The normalized spacial score (nSPS) is 12.1. The Balaban J connectivity index is 1.38. The summed E-state index contributed by atoms with van der Waals surface area (Å²) in [5.74, 6) is 2.00. The summed E-state index contributed by atoms with van der Waals surface area (Å²) in [6, 6.07) is 33.4. The van der Waals surface area contributed by atoms with Crippen LogP contribution in [0.5, 0.6) is 0 Å². The van der Waals surface area contributed by atoms with Crippen molar-refractivity contribution in [1.82, 2.24) is 24.7 Å². The number of fused-ring (bicyclic) bond motifs is 2. The Hall–Kier alpha value is -6.29. The number of aryl methyl sites for hydroxylation is 3. The maximum Gasteiger partial charge on any atom is 0.213 e. The molecule has 4 aromatic heterocycles. The quantitative estimate of drug-likeness (QED) is 0.136. The van der Waals surface area contributed by atoms with E-state index in [2.05, 4.69) is 112 Å². The minimum atomic E-state index is -0.449. The van der Waals surface area contributed by atoms with Gasteiger partial charge in [-0.25, -0.2) is 15.0 Å². The Morgan fingerprint density at radius 3 is 2.00 bits per heavy atom. The van der Waals surface area contributed by atoms with Gasteiger partial charge in [-0.05, 0) is 90.8 Å². The van der Waals surface area contributed by atoms with Gasteiger partial charge in [0.15, 0.2) is 16.8 Å². The molecule has 0 atom stereocenters. The van der Waals surface area contributed by atoms with E-state index in [-0.39, 0.29) is 11.8 Å². The second-order valence-electron chi connectivity index (χ2n) is 16.8. The Bertz CT molecular complexity index is 2910. The van der Waals surface area contributed by atoms with E-state index in [1.54, 1.807) is 16.0 Å². The van der Waals surface area contributed by atoms with Crippen LogP contribution in [0.3, 0.4) is 0 Å². The number of pyridine rings is 1. The fraction of sp³-hybridized carbons (Fsp3) is 0.271. The molecule has 8 aromatic rings. The van der Waals surface area contributed by atoms with E-state index in [0.717, 1.165) is 59.2 Å². The highest BCUT2D eigenvalue weighted by Crippen LogP contribution is 2.46. The molecule has 0 aliphatic rings. The number of para-hydroxylation sites is 4. The predicted molar refractivity (Wildman–Crippen MR) is 249 cm³/mol. The summed E-state index contributed by atoms with van der Waals surface area (Å²) in [4.78, 5) is 17.8. The maximum atomic E-state index is 10.7. The summed E-state index contributed by atoms with van der Waals surface area (Å²) >= 11 is 3.13. The Labute approximate surface area is 359 Å². The molecule has 1 N–H and O–H groups in total. The second kappa shape index (κ2) is 16.0. The van der Waals surface area contributed by atoms with Crippen LogP contribution in [0.15, 0.2) is 101 Å². The lowest BCUT2D eigenvalue weighted by Crippen LogP contribution is -2.16. The lowest BCUT2D eigenvalue weighted by Gasteiger charge is -2.28. The molecule has 0 amide bonds. The van der Waals surface area contributed by atoms with Crippen LogP contribution < -0.4 is 10.2 Å². The summed E-state index contributed by atoms with van der Waals surface area (Å²) in [6.07, 6.45) is 0. The van der Waals surface area contributed by atoms with Crippen molar-refractivity contribution in [2.24, 2.45) is 10.2 Å². The fourth-order valence-corrected chi connectivity index (χ4v) is 9.37. The third-order valence-corrected chi connectivity index (χ3v) is 12.6. The lowest BCUT2D eigenvalue weighted by molar-refractivity contribution is 0.559. The number of azo groups is 1. The molecule has 8 rings (SSSR count). The molecule has 0 radical (unpaired) electrons. The Morgan fingerprint density at radius 1 is 0.733 bits per heavy atom. The Morgan fingerprint density at radius 2 is 1.37 bits per heavy atom. The van der Waals surface area contributed by atoms with Crippen LogP contribution in [-0.4, -0.2) is 24.7 Å². The molecule has 4 aromatic carbocycles. The minimum Gasteiger partial charge on any atom is -0.338 e. The zero-order chi connectivity index (χ0) is 42.5. The smallest absolute Gasteiger partial charge is 0.213 e. The van der Waals surface area contributed by atoms with E-state index in [1.165, 1.54) is 16.9 Å². The van der Waals surface area contributed by atoms with Gasteiger partial charge in [0.2, 0.25) is 5.13 Å². The first-order valence-corrected chi connectivity index (χ1v) is 21.8. The molecule has 0 aliphatic carbocycles. The molecule has 12 heteroatoms. The van der Waals surface area contributed by atoms with Gasteiger partial charge >= 0.3 is 0 Å². The number of nitrogens with zero attached hydrogens (tertiary/aromatic N) is 9. The van der Waals surface area contributed by atoms with Crippen molar-refractivity contribution in [1.29, 1.82) is 5.26 Å². The predicted octanol–water partition coefficient (Wildman–Crippen LogP) is 14.5. The molecule has 0 saturated carbocycles. The number of hydrogen-bond acceptors (Lipinski definition) is 11. The first-order chi connectivity index (χ1) is 28.7. The van der Waals surface area contributed by atoms with E-state index in [0.29, 0.717) is 39.5 Å². The van der Waals surface area contributed by atoms with Gasteiger partial charge in [-0.1, -0.05) is 132 Å². The number of rotatable bonds is 10. The topological polar surface area (TPSA) is 120 Å². The van der Waals surface area contributed by atoms with E-state index in [9.17, 15) is 5.26 Å². The zero-order valence-electron chi connectivity index (χ0n) is 35.7. The molecular weight excluding hydrogens is 781 g/mol. The van der Waals surface area contributed by atoms with Gasteiger partial charge in [0.25, 0.3) is 0 Å². The number of aromatic nitrogens is 5. The van der Waals surface area contributed by atoms with Gasteiger partial charge in [-0.2, -0.15) is 15.0 Å². The zero-order valence-corrected chi connectivity index (χ0v) is 37.3. The largest absolute Gasteiger partial charge is 0.338 e. The van der Waals surface area contributed by atoms with Crippen molar-refractivity contribution in [2.45, 2.75) is 86.5 Å². The molecule has 0 spiro atoms. The summed E-state index contributed by atoms with van der Waals surface area (Å²) < 4.78 is 3.76. The van der Waals surface area contributed by atoms with Crippen LogP contribution in [0.1, 0.15) is 99.4 Å². The highest BCUT2D eigenvalue weighted by atomic mass is 32.1. The van der Waals surface area contributed by atoms with Crippen molar-refractivity contribution in [2.75, 3.05) is 10.2 Å². The van der Waals surface area contributed by atoms with Gasteiger partial charge in [-0.3, -0.25) is 4.90 Å². The summed E-state index contributed by atoms with van der Waals surface area (Å²) in [6.45, 7) is 21.2. The van der Waals surface area contributed by atoms with Crippen molar-refractivity contribution in [3.05, 3.63) is 130 Å². The first kappa shape index (κ1) is 40.5. The van der Waals surface area contributed by atoms with Crippen LogP contribution >= 0.6 is 22.7 Å². The Kier molecular flexibility index (Phi) is 10.8. The number of nitriles is 1. The monoisotopic (exact) mass is 828 g/mol. The van der Waals surface area contributed by atoms with Gasteiger partial charge < -0.3 is 5.32 Å². The first-order valence-electron chi connectivity index (χ1n) is 20.2. The summed E-state index contributed by atoms with van der Waals surface area (Å²) in [5, 5.41) is 30.7. The fourth-order valence-electron chi connectivity index (χ4n) is 7.46. The number of anilines is 5. The molecule has 0 saturated heterocycles. The standard InChI is InChI=1S/C48H48N10S2/c1-27(2)32-19-15-17-29(5)40(32)53-44-41(54-55-45-34(26-49)43(48(8,9)10)56-58(45)47-51-36-22-12-14-24-38(36)60-47)31(7)25-39(52-44)57(42-30(6)18-16-20-33(42)28(3)4)46-50-35-21-11-13-23-37(35)59-46/h11-25,27-28H,1-10H3,(H,52,53)/b55-54+. The van der Waals surface area contributed by atoms with Crippen LogP contribution in [0, 0.1) is 32.1 Å². The van der Waals surface area contributed by atoms with Crippen LogP contribution in [0.25, 0.3) is 25.6 Å². The molecule has 0 bridgehead atoms. The van der Waals surface area contributed by atoms with Gasteiger partial charge in [-0.15, -0.1) is 10.2 Å². The average Bonchev–Trinajstić information content (AvgIpc) is 3.94. The molecule has 60 heavy (non-hydrogen) atoms. The SMILES string of the molecule is Cc1cc(N(c2nc3ccccc3s2)c2c(C)cccc2C(C)C)nc(Nc2c(C)cccc2C(C)C)c1/N=N/c1c(C#N)c(C(C)(C)C)nn1-c1nc2ccccc2s1. The van der Waals surface area contributed by atoms with E-state index in [4.69, 9.17) is 30.3 Å². The highest BCUT2D eigenvalue weighted by Gasteiger charge is 2.30. The van der Waals surface area contributed by atoms with Crippen LogP contribution in [0.2, 0.25) is 0 Å². The van der Waals surface area contributed by atoms with E-state index >= 15 is 0 Å². The number of thiazole rings is 2. The number of nitrogens with one attached hydrogen (secondary N) is 1.